The smallest absolute Gasteiger partial charge is 0.303 e. The number of nitrogens with two attached hydrogens (primary N) is 1. The lowest BCUT2D eigenvalue weighted by atomic mass is 10.2. The molecule has 0 fully saturated rings. The van der Waals surface area contributed by atoms with Gasteiger partial charge in [0.25, 0.3) is 5.91 Å². The second-order valence-electron chi connectivity index (χ2n) is 4.28. The Bertz CT molecular complexity index is 432. The first-order valence-corrected chi connectivity index (χ1v) is 6.41. The van der Waals surface area contributed by atoms with Gasteiger partial charge >= 0.3 is 5.97 Å². The van der Waals surface area contributed by atoms with Crippen LogP contribution in [0.1, 0.15) is 12.8 Å². The summed E-state index contributed by atoms with van der Waals surface area (Å²) in [6, 6.07) is 9.07. The molecule has 0 radical (unpaired) electrons. The number of amides is 1. The summed E-state index contributed by atoms with van der Waals surface area (Å²) in [6.07, 6.45) is -0.339. The molecule has 0 spiro atoms. The molecular formula is C14H20N2O4. The van der Waals surface area contributed by atoms with Crippen LogP contribution in [0, 0.1) is 0 Å². The Morgan fingerprint density at radius 1 is 1.35 bits per heavy atom. The van der Waals surface area contributed by atoms with Crippen molar-refractivity contribution in [1.82, 2.24) is 0 Å². The normalized spacial score (nSPS) is 11.9. The minimum absolute atomic E-state index is 0.0108. The van der Waals surface area contributed by atoms with Gasteiger partial charge in [0.15, 0.2) is 0 Å². The van der Waals surface area contributed by atoms with E-state index in [0.29, 0.717) is 18.7 Å². The van der Waals surface area contributed by atoms with Gasteiger partial charge in [-0.1, -0.05) is 18.2 Å². The van der Waals surface area contributed by atoms with E-state index in [0.717, 1.165) is 0 Å². The fourth-order valence-electron chi connectivity index (χ4n) is 1.83. The number of hydrogen-bond donors (Lipinski definition) is 2. The first kappa shape index (κ1) is 16.1. The topological polar surface area (TPSA) is 92.9 Å². The Morgan fingerprint density at radius 3 is 2.50 bits per heavy atom. The van der Waals surface area contributed by atoms with Crippen molar-refractivity contribution in [1.29, 1.82) is 0 Å². The lowest BCUT2D eigenvalue weighted by molar-refractivity contribution is -0.137. The number of carbonyl (C=O) groups excluding carboxylic acids is 1. The molecule has 6 nitrogen and oxygen atoms in total. The van der Waals surface area contributed by atoms with E-state index >= 15 is 0 Å². The van der Waals surface area contributed by atoms with Gasteiger partial charge in [-0.25, -0.2) is 0 Å². The van der Waals surface area contributed by atoms with Gasteiger partial charge in [0.2, 0.25) is 0 Å². The molecule has 1 unspecified atom stereocenters. The standard InChI is InChI=1S/C14H20N2O4/c1-20-12(10-15)14(19)16(9-5-8-13(17)18)11-6-3-2-4-7-11/h2-4,6-7,12H,5,8-10,15H2,1H3,(H,17,18). The second-order valence-corrected chi connectivity index (χ2v) is 4.28. The Kier molecular flexibility index (Phi) is 6.69. The zero-order chi connectivity index (χ0) is 15.0. The average Bonchev–Trinajstić information content (AvgIpc) is 2.45. The van der Waals surface area contributed by atoms with Crippen LogP contribution in [0.4, 0.5) is 5.69 Å². The third kappa shape index (κ3) is 4.64. The van der Waals surface area contributed by atoms with Gasteiger partial charge in [0, 0.05) is 32.3 Å². The van der Waals surface area contributed by atoms with Crippen LogP contribution >= 0.6 is 0 Å². The maximum Gasteiger partial charge on any atom is 0.303 e. The number of para-hydroxylation sites is 1. The monoisotopic (exact) mass is 280 g/mol. The van der Waals surface area contributed by atoms with Crippen molar-refractivity contribution in [3.63, 3.8) is 0 Å². The molecule has 1 atom stereocenters. The molecule has 0 bridgehead atoms. The number of anilines is 1. The van der Waals surface area contributed by atoms with Crippen molar-refractivity contribution in [3.8, 4) is 0 Å². The summed E-state index contributed by atoms with van der Waals surface area (Å²) in [7, 11) is 1.43. The van der Waals surface area contributed by atoms with Crippen LogP contribution in [0.15, 0.2) is 30.3 Å². The molecule has 0 aliphatic carbocycles. The number of carbonyl (C=O) groups is 2. The average molecular weight is 280 g/mol. The zero-order valence-electron chi connectivity index (χ0n) is 11.5. The fourth-order valence-corrected chi connectivity index (χ4v) is 1.83. The molecule has 110 valence electrons. The van der Waals surface area contributed by atoms with Gasteiger partial charge in [0.05, 0.1) is 0 Å². The highest BCUT2D eigenvalue weighted by molar-refractivity contribution is 5.96. The van der Waals surface area contributed by atoms with E-state index in [-0.39, 0.29) is 18.9 Å². The summed E-state index contributed by atoms with van der Waals surface area (Å²) in [5.74, 6) is -1.14. The Morgan fingerprint density at radius 2 is 2.00 bits per heavy atom. The van der Waals surface area contributed by atoms with Crippen molar-refractivity contribution in [3.05, 3.63) is 30.3 Å². The second kappa shape index (κ2) is 8.29. The molecule has 20 heavy (non-hydrogen) atoms. The summed E-state index contributed by atoms with van der Waals surface area (Å²) in [6.45, 7) is 0.395. The molecule has 1 rings (SSSR count). The lowest BCUT2D eigenvalue weighted by Gasteiger charge is -2.26. The number of carboxylic acids is 1. The van der Waals surface area contributed by atoms with Crippen LogP contribution in [0.25, 0.3) is 0 Å². The molecule has 6 heteroatoms. The summed E-state index contributed by atoms with van der Waals surface area (Å²) < 4.78 is 5.06. The minimum Gasteiger partial charge on any atom is -0.481 e. The number of methoxy groups -OCH3 is 1. The van der Waals surface area contributed by atoms with Crippen molar-refractivity contribution in [2.75, 3.05) is 25.1 Å². The molecule has 0 heterocycles. The van der Waals surface area contributed by atoms with Gasteiger partial charge in [-0.15, -0.1) is 0 Å². The van der Waals surface area contributed by atoms with Gasteiger partial charge in [0.1, 0.15) is 6.10 Å². The fraction of sp³-hybridized carbons (Fsp3) is 0.429. The Labute approximate surface area is 118 Å². The molecule has 0 aromatic heterocycles. The lowest BCUT2D eigenvalue weighted by Crippen LogP contribution is -2.44. The highest BCUT2D eigenvalue weighted by Gasteiger charge is 2.24. The van der Waals surface area contributed by atoms with Gasteiger partial charge in [-0.05, 0) is 18.6 Å². The van der Waals surface area contributed by atoms with Gasteiger partial charge in [-0.3, -0.25) is 9.59 Å². The minimum atomic E-state index is -0.882. The maximum atomic E-state index is 12.4. The van der Waals surface area contributed by atoms with E-state index in [1.165, 1.54) is 12.0 Å². The number of ether oxygens (including phenoxy) is 1. The van der Waals surface area contributed by atoms with E-state index in [1.807, 2.05) is 18.2 Å². The largest absolute Gasteiger partial charge is 0.481 e. The number of nitrogens with zero attached hydrogens (tertiary/aromatic N) is 1. The van der Waals surface area contributed by atoms with Crippen molar-refractivity contribution in [2.24, 2.45) is 5.73 Å². The molecule has 3 N–H and O–H groups in total. The van der Waals surface area contributed by atoms with Gasteiger partial charge < -0.3 is 20.5 Å². The number of carboxylic acid groups (broad SMARTS) is 1. The first-order chi connectivity index (χ1) is 9.60. The molecular weight excluding hydrogens is 260 g/mol. The van der Waals surface area contributed by atoms with Crippen LogP contribution in [0.3, 0.4) is 0 Å². The zero-order valence-corrected chi connectivity index (χ0v) is 11.5. The third-order valence-corrected chi connectivity index (χ3v) is 2.88. The van der Waals surface area contributed by atoms with Gasteiger partial charge in [-0.2, -0.15) is 0 Å². The summed E-state index contributed by atoms with van der Waals surface area (Å²) in [5, 5.41) is 8.69. The highest BCUT2D eigenvalue weighted by Crippen LogP contribution is 2.16. The summed E-state index contributed by atoms with van der Waals surface area (Å²) in [5.41, 5.74) is 6.22. The van der Waals surface area contributed by atoms with E-state index in [4.69, 9.17) is 15.6 Å². The third-order valence-electron chi connectivity index (χ3n) is 2.88. The van der Waals surface area contributed by atoms with Crippen LogP contribution in [0.5, 0.6) is 0 Å². The highest BCUT2D eigenvalue weighted by atomic mass is 16.5. The van der Waals surface area contributed by atoms with Crippen LogP contribution in [-0.4, -0.2) is 43.3 Å². The summed E-state index contributed by atoms with van der Waals surface area (Å²) >= 11 is 0. The molecule has 0 aliphatic heterocycles. The Hall–Kier alpha value is -1.92. The number of hydrogen-bond acceptors (Lipinski definition) is 4. The molecule has 1 aromatic carbocycles. The molecule has 1 amide bonds. The quantitative estimate of drug-likeness (QED) is 0.736. The van der Waals surface area contributed by atoms with E-state index in [1.54, 1.807) is 12.1 Å². The maximum absolute atomic E-state index is 12.4. The van der Waals surface area contributed by atoms with Crippen molar-refractivity contribution in [2.45, 2.75) is 18.9 Å². The predicted octanol–water partition coefficient (Wildman–Crippen LogP) is 0.858. The van der Waals surface area contributed by atoms with Crippen LogP contribution in [-0.2, 0) is 14.3 Å². The number of benzene rings is 1. The molecule has 1 aromatic rings. The molecule has 0 saturated carbocycles. The number of aliphatic carboxylic acids is 1. The SMILES string of the molecule is COC(CN)C(=O)N(CCCC(=O)O)c1ccccc1. The van der Waals surface area contributed by atoms with Crippen LogP contribution < -0.4 is 10.6 Å². The van der Waals surface area contributed by atoms with Crippen LogP contribution in [0.2, 0.25) is 0 Å². The molecule has 0 saturated heterocycles. The van der Waals surface area contributed by atoms with E-state index < -0.39 is 12.1 Å². The first-order valence-electron chi connectivity index (χ1n) is 6.41. The molecule has 0 aliphatic rings. The predicted molar refractivity (Wildman–Crippen MR) is 75.5 cm³/mol. The van der Waals surface area contributed by atoms with Crippen molar-refractivity contribution >= 4 is 17.6 Å². The van der Waals surface area contributed by atoms with E-state index in [2.05, 4.69) is 0 Å². The van der Waals surface area contributed by atoms with E-state index in [9.17, 15) is 9.59 Å². The van der Waals surface area contributed by atoms with Crippen molar-refractivity contribution < 1.29 is 19.4 Å². The number of rotatable bonds is 8. The Balaban J connectivity index is 2.84. The summed E-state index contributed by atoms with van der Waals surface area (Å²) in [4.78, 5) is 24.5.